The maximum absolute atomic E-state index is 12.4. The SMILES string of the molecule is O=C1C(c2ccc(Cl)c(Cl)c2)=[N+]([O-])c2ccc(Br)cc21. The highest BCUT2D eigenvalue weighted by Crippen LogP contribution is 2.32. The highest BCUT2D eigenvalue weighted by molar-refractivity contribution is 9.10. The van der Waals surface area contributed by atoms with E-state index in [9.17, 15) is 10.0 Å². The van der Waals surface area contributed by atoms with E-state index in [4.69, 9.17) is 23.2 Å². The lowest BCUT2D eigenvalue weighted by Crippen LogP contribution is -2.16. The van der Waals surface area contributed by atoms with Crippen molar-refractivity contribution in [3.05, 3.63) is 67.3 Å². The number of carbonyl (C=O) groups excluding carboxylic acids is 1. The summed E-state index contributed by atoms with van der Waals surface area (Å²) in [7, 11) is 0. The van der Waals surface area contributed by atoms with Crippen LogP contribution < -0.4 is 0 Å². The number of ketones is 1. The van der Waals surface area contributed by atoms with Crippen LogP contribution in [0.15, 0.2) is 40.9 Å². The quantitative estimate of drug-likeness (QED) is 0.544. The molecule has 1 heterocycles. The summed E-state index contributed by atoms with van der Waals surface area (Å²) in [4.78, 5) is 12.4. The Morgan fingerprint density at radius 3 is 2.50 bits per heavy atom. The third-order valence-electron chi connectivity index (χ3n) is 3.03. The number of rotatable bonds is 1. The van der Waals surface area contributed by atoms with Crippen LogP contribution in [0.2, 0.25) is 10.0 Å². The van der Waals surface area contributed by atoms with Gasteiger partial charge >= 0.3 is 0 Å². The van der Waals surface area contributed by atoms with Crippen LogP contribution in [0.5, 0.6) is 0 Å². The van der Waals surface area contributed by atoms with Crippen LogP contribution in [0, 0.1) is 5.21 Å². The summed E-state index contributed by atoms with van der Waals surface area (Å²) in [6.45, 7) is 0. The van der Waals surface area contributed by atoms with Gasteiger partial charge in [0.15, 0.2) is 0 Å². The second kappa shape index (κ2) is 4.88. The summed E-state index contributed by atoms with van der Waals surface area (Å²) in [6, 6.07) is 9.64. The van der Waals surface area contributed by atoms with Crippen molar-refractivity contribution < 1.29 is 9.53 Å². The molecule has 20 heavy (non-hydrogen) atoms. The van der Waals surface area contributed by atoms with Crippen LogP contribution in [0.25, 0.3) is 0 Å². The summed E-state index contributed by atoms with van der Waals surface area (Å²) >= 11 is 15.1. The Balaban J connectivity index is 2.18. The van der Waals surface area contributed by atoms with Gasteiger partial charge in [-0.1, -0.05) is 39.1 Å². The van der Waals surface area contributed by atoms with Crippen molar-refractivity contribution in [2.45, 2.75) is 0 Å². The van der Waals surface area contributed by atoms with Crippen LogP contribution in [-0.2, 0) is 0 Å². The lowest BCUT2D eigenvalue weighted by molar-refractivity contribution is -0.355. The van der Waals surface area contributed by atoms with Gasteiger partial charge in [-0.2, -0.15) is 4.74 Å². The molecule has 2 aromatic carbocycles. The largest absolute Gasteiger partial charge is 0.618 e. The molecule has 0 fully saturated rings. The number of nitrogens with zero attached hydrogens (tertiary/aromatic N) is 1. The number of hydrogen-bond acceptors (Lipinski definition) is 2. The van der Waals surface area contributed by atoms with Crippen LogP contribution >= 0.6 is 39.1 Å². The average Bonchev–Trinajstić information content (AvgIpc) is 2.65. The summed E-state index contributed by atoms with van der Waals surface area (Å²) in [6.07, 6.45) is 0. The molecule has 0 saturated carbocycles. The van der Waals surface area contributed by atoms with Crippen molar-refractivity contribution in [2.75, 3.05) is 0 Å². The van der Waals surface area contributed by atoms with Crippen molar-refractivity contribution in [1.82, 2.24) is 0 Å². The predicted octanol–water partition coefficient (Wildman–Crippen LogP) is 4.58. The normalized spacial score (nSPS) is 13.8. The van der Waals surface area contributed by atoms with Crippen molar-refractivity contribution in [2.24, 2.45) is 0 Å². The topological polar surface area (TPSA) is 43.1 Å². The van der Waals surface area contributed by atoms with E-state index in [0.717, 1.165) is 4.47 Å². The Hall–Kier alpha value is -1.36. The third kappa shape index (κ3) is 2.04. The molecule has 100 valence electrons. The smallest absolute Gasteiger partial charge is 0.273 e. The molecule has 0 bridgehead atoms. The minimum absolute atomic E-state index is 0.0525. The fourth-order valence-corrected chi connectivity index (χ4v) is 2.76. The molecule has 1 aliphatic heterocycles. The molecule has 0 N–H and O–H groups in total. The summed E-state index contributed by atoms with van der Waals surface area (Å²) in [5, 5.41) is 13.0. The van der Waals surface area contributed by atoms with E-state index in [0.29, 0.717) is 31.6 Å². The Morgan fingerprint density at radius 2 is 1.80 bits per heavy atom. The number of hydrogen-bond donors (Lipinski definition) is 0. The molecular weight excluding hydrogens is 365 g/mol. The highest BCUT2D eigenvalue weighted by atomic mass is 79.9. The van der Waals surface area contributed by atoms with Crippen LogP contribution in [0.1, 0.15) is 15.9 Å². The molecule has 3 nitrogen and oxygen atoms in total. The molecule has 0 radical (unpaired) electrons. The number of carbonyl (C=O) groups is 1. The molecule has 3 rings (SSSR count). The number of halogens is 3. The van der Waals surface area contributed by atoms with E-state index < -0.39 is 0 Å². The van der Waals surface area contributed by atoms with Crippen molar-refractivity contribution in [3.8, 4) is 0 Å². The first kappa shape index (κ1) is 13.6. The van der Waals surface area contributed by atoms with Crippen LogP contribution in [0.4, 0.5) is 5.69 Å². The van der Waals surface area contributed by atoms with Crippen LogP contribution in [-0.4, -0.2) is 16.2 Å². The molecule has 0 saturated heterocycles. The summed E-state index contributed by atoms with van der Waals surface area (Å²) < 4.78 is 1.37. The molecule has 0 spiro atoms. The van der Waals surface area contributed by atoms with Gasteiger partial charge in [-0.05, 0) is 30.3 Å². The van der Waals surface area contributed by atoms with E-state index in [1.54, 1.807) is 30.3 Å². The predicted molar refractivity (Wildman–Crippen MR) is 82.3 cm³/mol. The minimum Gasteiger partial charge on any atom is -0.618 e. The van der Waals surface area contributed by atoms with Gasteiger partial charge in [0, 0.05) is 10.5 Å². The maximum atomic E-state index is 12.4. The molecule has 0 atom stereocenters. The van der Waals surface area contributed by atoms with Crippen molar-refractivity contribution in [1.29, 1.82) is 0 Å². The second-order valence-electron chi connectivity index (χ2n) is 4.26. The highest BCUT2D eigenvalue weighted by Gasteiger charge is 2.36. The minimum atomic E-state index is -0.324. The van der Waals surface area contributed by atoms with Gasteiger partial charge in [-0.3, -0.25) is 4.79 Å². The fraction of sp³-hybridized carbons (Fsp3) is 0. The third-order valence-corrected chi connectivity index (χ3v) is 4.27. The second-order valence-corrected chi connectivity index (χ2v) is 5.99. The number of benzene rings is 2. The first-order valence-corrected chi connectivity index (χ1v) is 7.18. The van der Waals surface area contributed by atoms with Gasteiger partial charge in [0.2, 0.25) is 5.69 Å². The number of fused-ring (bicyclic) bond motifs is 1. The molecule has 1 aliphatic rings. The van der Waals surface area contributed by atoms with Crippen LogP contribution in [0.3, 0.4) is 0 Å². The fourth-order valence-electron chi connectivity index (χ4n) is 2.10. The van der Waals surface area contributed by atoms with Gasteiger partial charge in [-0.25, -0.2) is 0 Å². The van der Waals surface area contributed by atoms with Crippen molar-refractivity contribution >= 4 is 56.3 Å². The zero-order chi connectivity index (χ0) is 14.4. The van der Waals surface area contributed by atoms with E-state index >= 15 is 0 Å². The lowest BCUT2D eigenvalue weighted by Gasteiger charge is -2.03. The monoisotopic (exact) mass is 369 g/mol. The molecule has 0 aromatic heterocycles. The Morgan fingerprint density at radius 1 is 1.05 bits per heavy atom. The van der Waals surface area contributed by atoms with Gasteiger partial charge in [0.25, 0.3) is 11.5 Å². The van der Waals surface area contributed by atoms with E-state index in [-0.39, 0.29) is 11.5 Å². The zero-order valence-electron chi connectivity index (χ0n) is 9.86. The first-order chi connectivity index (χ1) is 9.49. The number of Topliss-reactive ketones (excluding diaryl/α,β-unsaturated/α-hetero) is 1. The zero-order valence-corrected chi connectivity index (χ0v) is 13.0. The molecular formula is C14H6BrCl2NO2. The molecule has 0 aliphatic carbocycles. The molecule has 0 unspecified atom stereocenters. The summed E-state index contributed by atoms with van der Waals surface area (Å²) in [5.74, 6) is -0.324. The van der Waals surface area contributed by atoms with Gasteiger partial charge in [-0.15, -0.1) is 0 Å². The molecule has 2 aromatic rings. The van der Waals surface area contributed by atoms with E-state index in [1.165, 1.54) is 6.07 Å². The lowest BCUT2D eigenvalue weighted by atomic mass is 10.0. The average molecular weight is 371 g/mol. The van der Waals surface area contributed by atoms with Crippen molar-refractivity contribution in [3.63, 3.8) is 0 Å². The maximum Gasteiger partial charge on any atom is 0.273 e. The Kier molecular flexibility index (Phi) is 3.32. The Bertz CT molecular complexity index is 787. The van der Waals surface area contributed by atoms with Gasteiger partial charge < -0.3 is 5.21 Å². The van der Waals surface area contributed by atoms with E-state index in [2.05, 4.69) is 15.9 Å². The van der Waals surface area contributed by atoms with Gasteiger partial charge in [0.1, 0.15) is 5.56 Å². The molecule has 6 heteroatoms. The first-order valence-electron chi connectivity index (χ1n) is 5.63. The van der Waals surface area contributed by atoms with Gasteiger partial charge in [0.05, 0.1) is 15.6 Å². The Labute approximate surface area is 133 Å². The van der Waals surface area contributed by atoms with E-state index in [1.807, 2.05) is 0 Å². The summed E-state index contributed by atoms with van der Waals surface area (Å²) in [5.41, 5.74) is 1.21. The standard InChI is InChI=1S/C14H6BrCl2NO2/c15-8-2-4-12-9(6-8)14(19)13(18(12)20)7-1-3-10(16)11(17)5-7/h1-6H. The molecule has 0 amide bonds.